The van der Waals surface area contributed by atoms with Gasteiger partial charge in [0.05, 0.1) is 5.54 Å². The van der Waals surface area contributed by atoms with Gasteiger partial charge < -0.3 is 10.6 Å². The fraction of sp³-hybridized carbons (Fsp3) is 0.923. The normalized spacial score (nSPS) is 19.5. The van der Waals surface area contributed by atoms with Gasteiger partial charge >= 0.3 is 6.18 Å². The molecule has 0 aromatic rings. The van der Waals surface area contributed by atoms with E-state index in [2.05, 4.69) is 0 Å². The molecular weight excluding hydrogens is 257 g/mol. The van der Waals surface area contributed by atoms with Gasteiger partial charge in [0, 0.05) is 6.54 Å². The molecule has 1 aliphatic carbocycles. The van der Waals surface area contributed by atoms with Crippen molar-refractivity contribution < 1.29 is 18.0 Å². The Bertz CT molecular complexity index is 310. The van der Waals surface area contributed by atoms with E-state index in [0.717, 1.165) is 24.2 Å². The van der Waals surface area contributed by atoms with E-state index in [0.29, 0.717) is 12.8 Å². The van der Waals surface area contributed by atoms with E-state index in [-0.39, 0.29) is 12.5 Å². The largest absolute Gasteiger partial charge is 0.406 e. The maximum absolute atomic E-state index is 12.6. The van der Waals surface area contributed by atoms with Gasteiger partial charge in [0.15, 0.2) is 0 Å². The van der Waals surface area contributed by atoms with Gasteiger partial charge in [-0.15, -0.1) is 0 Å². The number of nitrogens with two attached hydrogens (primary N) is 1. The van der Waals surface area contributed by atoms with E-state index < -0.39 is 24.2 Å². The second-order valence-electron chi connectivity index (χ2n) is 5.91. The lowest BCUT2D eigenvalue weighted by molar-refractivity contribution is -0.166. The van der Waals surface area contributed by atoms with Crippen LogP contribution in [-0.4, -0.2) is 35.6 Å². The van der Waals surface area contributed by atoms with Crippen molar-refractivity contribution in [2.75, 3.05) is 13.1 Å². The van der Waals surface area contributed by atoms with Crippen LogP contribution >= 0.6 is 0 Å². The first-order valence-electron chi connectivity index (χ1n) is 6.79. The highest BCUT2D eigenvalue weighted by Gasteiger charge is 2.42. The third-order valence-electron chi connectivity index (χ3n) is 3.41. The zero-order chi connectivity index (χ0) is 14.7. The van der Waals surface area contributed by atoms with Crippen LogP contribution in [0.5, 0.6) is 0 Å². The highest BCUT2D eigenvalue weighted by Crippen LogP contribution is 2.29. The van der Waals surface area contributed by atoms with E-state index in [1.807, 2.05) is 0 Å². The summed E-state index contributed by atoms with van der Waals surface area (Å²) in [6, 6.07) is 0. The van der Waals surface area contributed by atoms with Crippen molar-refractivity contribution in [1.82, 2.24) is 4.90 Å². The van der Waals surface area contributed by atoms with Crippen molar-refractivity contribution in [3.63, 3.8) is 0 Å². The van der Waals surface area contributed by atoms with Crippen LogP contribution in [-0.2, 0) is 4.79 Å². The van der Waals surface area contributed by atoms with Crippen LogP contribution in [0.25, 0.3) is 0 Å². The highest BCUT2D eigenvalue weighted by molar-refractivity contribution is 5.86. The number of hydrogen-bond acceptors (Lipinski definition) is 2. The average Bonchev–Trinajstić information content (AvgIpc) is 2.25. The fourth-order valence-electron chi connectivity index (χ4n) is 2.59. The molecule has 0 heterocycles. The van der Waals surface area contributed by atoms with Crippen LogP contribution < -0.4 is 5.73 Å². The standard InChI is InChI=1S/C13H23F3N2O/c1-10(2)8-18(9-13(14,15)16)11(19)12(17)6-4-3-5-7-12/h10H,3-9,17H2,1-2H3. The molecule has 0 radical (unpaired) electrons. The number of halogens is 3. The lowest BCUT2D eigenvalue weighted by Crippen LogP contribution is -2.58. The maximum Gasteiger partial charge on any atom is 0.406 e. The monoisotopic (exact) mass is 280 g/mol. The minimum Gasteiger partial charge on any atom is -0.332 e. The third-order valence-corrected chi connectivity index (χ3v) is 3.41. The predicted molar refractivity (Wildman–Crippen MR) is 67.5 cm³/mol. The smallest absolute Gasteiger partial charge is 0.332 e. The van der Waals surface area contributed by atoms with Crippen molar-refractivity contribution in [2.24, 2.45) is 11.7 Å². The molecule has 0 aliphatic heterocycles. The van der Waals surface area contributed by atoms with Gasteiger partial charge in [0.1, 0.15) is 6.54 Å². The molecule has 112 valence electrons. The summed E-state index contributed by atoms with van der Waals surface area (Å²) >= 11 is 0. The van der Waals surface area contributed by atoms with Crippen molar-refractivity contribution in [1.29, 1.82) is 0 Å². The molecule has 0 aromatic carbocycles. The molecule has 3 nitrogen and oxygen atoms in total. The molecule has 1 aliphatic rings. The zero-order valence-corrected chi connectivity index (χ0v) is 11.6. The van der Waals surface area contributed by atoms with Crippen LogP contribution in [0.3, 0.4) is 0 Å². The van der Waals surface area contributed by atoms with Crippen LogP contribution in [0.4, 0.5) is 13.2 Å². The van der Waals surface area contributed by atoms with Gasteiger partial charge in [-0.2, -0.15) is 13.2 Å². The van der Waals surface area contributed by atoms with Gasteiger partial charge in [-0.25, -0.2) is 0 Å². The summed E-state index contributed by atoms with van der Waals surface area (Å²) in [4.78, 5) is 13.2. The highest BCUT2D eigenvalue weighted by atomic mass is 19.4. The quantitative estimate of drug-likeness (QED) is 0.860. The molecule has 0 bridgehead atoms. The van der Waals surface area contributed by atoms with Crippen LogP contribution in [0.1, 0.15) is 46.0 Å². The molecule has 0 aromatic heterocycles. The molecule has 1 rings (SSSR count). The van der Waals surface area contributed by atoms with Gasteiger partial charge in [0.2, 0.25) is 5.91 Å². The molecular formula is C13H23F3N2O. The first-order chi connectivity index (χ1) is 8.64. The second kappa shape index (κ2) is 6.11. The number of hydrogen-bond donors (Lipinski definition) is 1. The Morgan fingerprint density at radius 3 is 2.21 bits per heavy atom. The second-order valence-corrected chi connectivity index (χ2v) is 5.91. The van der Waals surface area contributed by atoms with E-state index >= 15 is 0 Å². The van der Waals surface area contributed by atoms with Gasteiger partial charge in [-0.3, -0.25) is 4.79 Å². The molecule has 19 heavy (non-hydrogen) atoms. The number of amides is 1. The Labute approximate surface area is 112 Å². The minimum absolute atomic E-state index is 0.0153. The summed E-state index contributed by atoms with van der Waals surface area (Å²) in [7, 11) is 0. The minimum atomic E-state index is -4.38. The lowest BCUT2D eigenvalue weighted by atomic mass is 9.81. The molecule has 2 N–H and O–H groups in total. The first-order valence-corrected chi connectivity index (χ1v) is 6.79. The van der Waals surface area contributed by atoms with E-state index in [1.54, 1.807) is 13.8 Å². The van der Waals surface area contributed by atoms with Crippen molar-refractivity contribution in [2.45, 2.75) is 57.7 Å². The number of carbonyl (C=O) groups excluding carboxylic acids is 1. The predicted octanol–water partition coefficient (Wildman–Crippen LogP) is 2.69. The average molecular weight is 280 g/mol. The fourth-order valence-corrected chi connectivity index (χ4v) is 2.59. The van der Waals surface area contributed by atoms with E-state index in [9.17, 15) is 18.0 Å². The summed E-state index contributed by atoms with van der Waals surface area (Å²) < 4.78 is 37.7. The van der Waals surface area contributed by atoms with Gasteiger partial charge in [0.25, 0.3) is 0 Å². The Morgan fingerprint density at radius 1 is 1.26 bits per heavy atom. The SMILES string of the molecule is CC(C)CN(CC(F)(F)F)C(=O)C1(N)CCCCC1. The Hall–Kier alpha value is -0.780. The molecule has 0 unspecified atom stereocenters. The molecule has 1 saturated carbocycles. The Morgan fingerprint density at radius 2 is 1.79 bits per heavy atom. The van der Waals surface area contributed by atoms with Crippen LogP contribution in [0.15, 0.2) is 0 Å². The van der Waals surface area contributed by atoms with E-state index in [4.69, 9.17) is 5.73 Å². The summed E-state index contributed by atoms with van der Waals surface area (Å²) in [6.07, 6.45) is -0.796. The number of carbonyl (C=O) groups is 1. The van der Waals surface area contributed by atoms with Crippen molar-refractivity contribution >= 4 is 5.91 Å². The van der Waals surface area contributed by atoms with E-state index in [1.165, 1.54) is 0 Å². The molecule has 6 heteroatoms. The summed E-state index contributed by atoms with van der Waals surface area (Å²) in [5.74, 6) is -0.559. The Kier molecular flexibility index (Phi) is 5.24. The van der Waals surface area contributed by atoms with Crippen LogP contribution in [0.2, 0.25) is 0 Å². The number of rotatable bonds is 4. The topological polar surface area (TPSA) is 46.3 Å². The molecule has 0 saturated heterocycles. The number of nitrogens with zero attached hydrogens (tertiary/aromatic N) is 1. The van der Waals surface area contributed by atoms with Crippen molar-refractivity contribution in [3.05, 3.63) is 0 Å². The molecule has 1 fully saturated rings. The van der Waals surface area contributed by atoms with Crippen LogP contribution in [0, 0.1) is 5.92 Å². The lowest BCUT2D eigenvalue weighted by Gasteiger charge is -2.37. The number of alkyl halides is 3. The molecule has 0 spiro atoms. The molecule has 0 atom stereocenters. The van der Waals surface area contributed by atoms with Gasteiger partial charge in [-0.1, -0.05) is 33.1 Å². The maximum atomic E-state index is 12.6. The third kappa shape index (κ3) is 5.01. The molecule has 1 amide bonds. The Balaban J connectivity index is 2.80. The summed E-state index contributed by atoms with van der Waals surface area (Å²) in [5.41, 5.74) is 4.94. The summed E-state index contributed by atoms with van der Waals surface area (Å²) in [5, 5.41) is 0. The first kappa shape index (κ1) is 16.3. The summed E-state index contributed by atoms with van der Waals surface area (Å²) in [6.45, 7) is 2.47. The van der Waals surface area contributed by atoms with Gasteiger partial charge in [-0.05, 0) is 18.8 Å². The van der Waals surface area contributed by atoms with Crippen molar-refractivity contribution in [3.8, 4) is 0 Å². The zero-order valence-electron chi connectivity index (χ0n) is 11.6.